The first kappa shape index (κ1) is 7.72. The highest BCUT2D eigenvalue weighted by molar-refractivity contribution is 5.55. The fourth-order valence-electron chi connectivity index (χ4n) is 1.08. The molecule has 66 valence electrons. The van der Waals surface area contributed by atoms with Crippen LogP contribution in [0.25, 0.3) is 11.4 Å². The van der Waals surface area contributed by atoms with Gasteiger partial charge in [0.05, 0.1) is 5.56 Å². The molecule has 1 heterocycles. The molecule has 0 atom stereocenters. The number of halogens is 1. The summed E-state index contributed by atoms with van der Waals surface area (Å²) in [6, 6.07) is 6.27. The second kappa shape index (κ2) is 2.85. The summed E-state index contributed by atoms with van der Waals surface area (Å²) in [5.74, 6) is 5.43. The van der Waals surface area contributed by atoms with Gasteiger partial charge in [-0.2, -0.15) is 0 Å². The Bertz CT molecular complexity index is 424. The summed E-state index contributed by atoms with van der Waals surface area (Å²) in [4.78, 5) is 0. The minimum atomic E-state index is -0.359. The first-order valence-electron chi connectivity index (χ1n) is 3.69. The Morgan fingerprint density at radius 3 is 2.69 bits per heavy atom. The van der Waals surface area contributed by atoms with Crippen molar-refractivity contribution in [2.24, 2.45) is 0 Å². The normalized spacial score (nSPS) is 10.2. The Balaban J connectivity index is 2.59. The second-order valence-corrected chi connectivity index (χ2v) is 2.54. The summed E-state index contributed by atoms with van der Waals surface area (Å²) in [6.07, 6.45) is 1.32. The third-order valence-corrected chi connectivity index (χ3v) is 1.69. The lowest BCUT2D eigenvalue weighted by Gasteiger charge is -2.00. The molecule has 1 aromatic carbocycles. The zero-order valence-electron chi connectivity index (χ0n) is 6.68. The Morgan fingerprint density at radius 1 is 1.31 bits per heavy atom. The van der Waals surface area contributed by atoms with E-state index in [2.05, 4.69) is 10.2 Å². The number of nitrogen functional groups attached to an aromatic ring is 1. The molecule has 0 bridgehead atoms. The molecule has 0 saturated heterocycles. The molecular weight excluding hydrogens is 171 g/mol. The Kier molecular flexibility index (Phi) is 1.70. The van der Waals surface area contributed by atoms with Gasteiger partial charge in [0.1, 0.15) is 12.1 Å². The van der Waals surface area contributed by atoms with E-state index in [0.29, 0.717) is 11.4 Å². The van der Waals surface area contributed by atoms with Gasteiger partial charge in [0.15, 0.2) is 5.82 Å². The Hall–Kier alpha value is -1.91. The van der Waals surface area contributed by atoms with Crippen molar-refractivity contribution in [1.82, 2.24) is 14.9 Å². The fourth-order valence-corrected chi connectivity index (χ4v) is 1.08. The molecule has 5 heteroatoms. The maximum atomic E-state index is 13.2. The molecule has 0 aliphatic carbocycles. The van der Waals surface area contributed by atoms with Crippen molar-refractivity contribution < 1.29 is 4.39 Å². The van der Waals surface area contributed by atoms with E-state index in [1.54, 1.807) is 18.2 Å². The van der Waals surface area contributed by atoms with E-state index in [4.69, 9.17) is 5.84 Å². The minimum absolute atomic E-state index is 0.318. The molecule has 2 rings (SSSR count). The quantitative estimate of drug-likeness (QED) is 0.657. The maximum Gasteiger partial charge on any atom is 0.185 e. The van der Waals surface area contributed by atoms with Crippen LogP contribution in [0.2, 0.25) is 0 Å². The van der Waals surface area contributed by atoms with Crippen LogP contribution in [0.4, 0.5) is 4.39 Å². The smallest absolute Gasteiger partial charge is 0.185 e. The lowest BCUT2D eigenvalue weighted by atomic mass is 10.2. The van der Waals surface area contributed by atoms with Crippen molar-refractivity contribution in [3.8, 4) is 11.4 Å². The zero-order valence-corrected chi connectivity index (χ0v) is 6.68. The lowest BCUT2D eigenvalue weighted by Crippen LogP contribution is -2.08. The van der Waals surface area contributed by atoms with Crippen LogP contribution in [0.1, 0.15) is 0 Å². The highest BCUT2D eigenvalue weighted by Crippen LogP contribution is 2.17. The van der Waals surface area contributed by atoms with E-state index >= 15 is 0 Å². The molecule has 0 aliphatic rings. The van der Waals surface area contributed by atoms with Gasteiger partial charge in [0.25, 0.3) is 0 Å². The summed E-state index contributed by atoms with van der Waals surface area (Å²) >= 11 is 0. The molecule has 13 heavy (non-hydrogen) atoms. The van der Waals surface area contributed by atoms with Crippen molar-refractivity contribution >= 4 is 0 Å². The molecule has 2 aromatic rings. The van der Waals surface area contributed by atoms with Crippen LogP contribution in [-0.2, 0) is 0 Å². The standard InChI is InChI=1S/C8H7FN4/c9-7-4-2-1-3-6(7)8-12-11-5-13(8)10/h1-5H,10H2. The molecule has 4 nitrogen and oxygen atoms in total. The predicted molar refractivity (Wildman–Crippen MR) is 45.6 cm³/mol. The molecule has 0 saturated carbocycles. The highest BCUT2D eigenvalue weighted by atomic mass is 19.1. The van der Waals surface area contributed by atoms with Gasteiger partial charge in [-0.25, -0.2) is 9.07 Å². The molecule has 0 aliphatic heterocycles. The van der Waals surface area contributed by atoms with Gasteiger partial charge >= 0.3 is 0 Å². The molecule has 1 aromatic heterocycles. The molecule has 0 radical (unpaired) electrons. The van der Waals surface area contributed by atoms with E-state index in [1.165, 1.54) is 17.1 Å². The molecule has 0 unspecified atom stereocenters. The van der Waals surface area contributed by atoms with Crippen LogP contribution < -0.4 is 5.84 Å². The second-order valence-electron chi connectivity index (χ2n) is 2.54. The van der Waals surface area contributed by atoms with Crippen molar-refractivity contribution in [2.75, 3.05) is 5.84 Å². The zero-order chi connectivity index (χ0) is 9.26. The molecule has 0 fully saturated rings. The van der Waals surface area contributed by atoms with Crippen molar-refractivity contribution in [2.45, 2.75) is 0 Å². The van der Waals surface area contributed by atoms with Gasteiger partial charge in [0, 0.05) is 0 Å². The van der Waals surface area contributed by atoms with Crippen molar-refractivity contribution in [1.29, 1.82) is 0 Å². The number of nitrogens with two attached hydrogens (primary N) is 1. The average Bonchev–Trinajstić information content (AvgIpc) is 2.52. The Labute approximate surface area is 73.8 Å². The van der Waals surface area contributed by atoms with Crippen molar-refractivity contribution in [3.05, 3.63) is 36.4 Å². The first-order chi connectivity index (χ1) is 6.29. The van der Waals surface area contributed by atoms with Crippen LogP contribution in [0.3, 0.4) is 0 Å². The molecular formula is C8H7FN4. The number of aromatic nitrogens is 3. The van der Waals surface area contributed by atoms with Crippen LogP contribution >= 0.6 is 0 Å². The lowest BCUT2D eigenvalue weighted by molar-refractivity contribution is 0.629. The summed E-state index contributed by atoms with van der Waals surface area (Å²) < 4.78 is 14.4. The van der Waals surface area contributed by atoms with Gasteiger partial charge < -0.3 is 5.84 Å². The molecule has 0 spiro atoms. The average molecular weight is 178 g/mol. The minimum Gasteiger partial charge on any atom is -0.336 e. The van der Waals surface area contributed by atoms with Crippen LogP contribution in [0.15, 0.2) is 30.6 Å². The van der Waals surface area contributed by atoms with Crippen LogP contribution in [-0.4, -0.2) is 14.9 Å². The topological polar surface area (TPSA) is 56.7 Å². The van der Waals surface area contributed by atoms with E-state index in [-0.39, 0.29) is 5.82 Å². The SMILES string of the molecule is Nn1cnnc1-c1ccccc1F. The van der Waals surface area contributed by atoms with Gasteiger partial charge in [-0.05, 0) is 12.1 Å². The van der Waals surface area contributed by atoms with Gasteiger partial charge in [0.2, 0.25) is 0 Å². The van der Waals surface area contributed by atoms with Crippen LogP contribution in [0.5, 0.6) is 0 Å². The Morgan fingerprint density at radius 2 is 2.08 bits per heavy atom. The van der Waals surface area contributed by atoms with Gasteiger partial charge in [-0.15, -0.1) is 10.2 Å². The van der Waals surface area contributed by atoms with Crippen LogP contribution in [0, 0.1) is 5.82 Å². The van der Waals surface area contributed by atoms with Gasteiger partial charge in [-0.3, -0.25) is 0 Å². The summed E-state index contributed by atoms with van der Waals surface area (Å²) in [5, 5.41) is 7.26. The summed E-state index contributed by atoms with van der Waals surface area (Å²) in [6.45, 7) is 0. The van der Waals surface area contributed by atoms with Crippen molar-refractivity contribution in [3.63, 3.8) is 0 Å². The van der Waals surface area contributed by atoms with E-state index in [9.17, 15) is 4.39 Å². The third kappa shape index (κ3) is 1.24. The number of hydrogen-bond acceptors (Lipinski definition) is 3. The highest BCUT2D eigenvalue weighted by Gasteiger charge is 2.08. The number of rotatable bonds is 1. The number of nitrogens with zero attached hydrogens (tertiary/aromatic N) is 3. The first-order valence-corrected chi connectivity index (χ1v) is 3.69. The number of hydrogen-bond donors (Lipinski definition) is 1. The van der Waals surface area contributed by atoms with E-state index < -0.39 is 0 Å². The fraction of sp³-hybridized carbons (Fsp3) is 0. The third-order valence-electron chi connectivity index (χ3n) is 1.69. The maximum absolute atomic E-state index is 13.2. The summed E-state index contributed by atoms with van der Waals surface area (Å²) in [7, 11) is 0. The van der Waals surface area contributed by atoms with E-state index in [1.807, 2.05) is 0 Å². The van der Waals surface area contributed by atoms with Gasteiger partial charge in [-0.1, -0.05) is 12.1 Å². The molecule has 2 N–H and O–H groups in total. The molecule has 0 amide bonds. The predicted octanol–water partition coefficient (Wildman–Crippen LogP) is 0.798. The largest absolute Gasteiger partial charge is 0.336 e. The number of benzene rings is 1. The van der Waals surface area contributed by atoms with E-state index in [0.717, 1.165) is 0 Å². The monoisotopic (exact) mass is 178 g/mol. The summed E-state index contributed by atoms with van der Waals surface area (Å²) in [5.41, 5.74) is 0.350.